The van der Waals surface area contributed by atoms with Gasteiger partial charge in [0.2, 0.25) is 5.13 Å². The summed E-state index contributed by atoms with van der Waals surface area (Å²) in [6.45, 7) is 6.32. The summed E-state index contributed by atoms with van der Waals surface area (Å²) in [6.07, 6.45) is 3.79. The second-order valence-corrected chi connectivity index (χ2v) is 7.03. The number of aromatic nitrogens is 2. The van der Waals surface area contributed by atoms with Gasteiger partial charge in [0.25, 0.3) is 0 Å². The van der Waals surface area contributed by atoms with Gasteiger partial charge in [-0.1, -0.05) is 6.92 Å². The fraction of sp³-hybridized carbons (Fsp3) is 0.800. The summed E-state index contributed by atoms with van der Waals surface area (Å²) in [5.41, 5.74) is -0.527. The first-order valence-corrected chi connectivity index (χ1v) is 9.16. The van der Waals surface area contributed by atoms with E-state index in [0.717, 1.165) is 68.8 Å². The van der Waals surface area contributed by atoms with Gasteiger partial charge in [-0.05, 0) is 19.3 Å². The number of guanidine groups is 1. The Morgan fingerprint density at radius 1 is 1.33 bits per heavy atom. The van der Waals surface area contributed by atoms with Crippen molar-refractivity contribution in [1.82, 2.24) is 19.6 Å². The molecule has 0 unspecified atom stereocenters. The summed E-state index contributed by atoms with van der Waals surface area (Å²) >= 11 is 1.49. The number of rotatable bonds is 4. The van der Waals surface area contributed by atoms with E-state index in [-0.39, 0.29) is 24.0 Å². The van der Waals surface area contributed by atoms with Crippen LogP contribution in [0, 0.1) is 0 Å². The van der Waals surface area contributed by atoms with E-state index in [1.54, 1.807) is 7.05 Å². The van der Waals surface area contributed by atoms with Crippen LogP contribution in [-0.4, -0.2) is 70.7 Å². The number of aliphatic hydroxyl groups is 1. The Kier molecular flexibility index (Phi) is 7.05. The molecule has 0 atom stereocenters. The highest BCUT2D eigenvalue weighted by Crippen LogP contribution is 2.30. The largest absolute Gasteiger partial charge is 0.388 e. The molecule has 0 spiro atoms. The molecule has 9 heteroatoms. The van der Waals surface area contributed by atoms with Crippen LogP contribution in [0.15, 0.2) is 4.99 Å². The molecule has 2 fully saturated rings. The number of hydrogen-bond acceptors (Lipinski definition) is 6. The molecule has 2 heterocycles. The van der Waals surface area contributed by atoms with Crippen molar-refractivity contribution < 1.29 is 5.11 Å². The molecule has 1 saturated heterocycles. The van der Waals surface area contributed by atoms with Gasteiger partial charge in [-0.15, -0.1) is 24.0 Å². The molecule has 2 aliphatic rings. The molecule has 1 aliphatic heterocycles. The number of anilines is 1. The van der Waals surface area contributed by atoms with Crippen LogP contribution in [0.3, 0.4) is 0 Å². The fourth-order valence-corrected chi connectivity index (χ4v) is 3.77. The Bertz CT molecular complexity index is 554. The standard InChI is InChI=1S/C15H26N6OS.HI/c1-3-12-18-14(23-19-12)21-9-7-20(8-10-21)13(16-2)17-11-15(22)5-4-6-15;/h22H,3-11H2,1-2H3,(H,16,17);1H. The van der Waals surface area contributed by atoms with Crippen LogP contribution in [0.25, 0.3) is 0 Å². The van der Waals surface area contributed by atoms with E-state index in [0.29, 0.717) is 6.54 Å². The third kappa shape index (κ3) is 4.48. The van der Waals surface area contributed by atoms with E-state index in [1.807, 2.05) is 0 Å². The van der Waals surface area contributed by atoms with Gasteiger partial charge in [-0.25, -0.2) is 4.98 Å². The molecule has 3 rings (SSSR count). The molecule has 1 aromatic heterocycles. The third-order valence-electron chi connectivity index (χ3n) is 4.69. The van der Waals surface area contributed by atoms with E-state index in [2.05, 4.69) is 36.4 Å². The third-order valence-corrected chi connectivity index (χ3v) is 5.51. The highest BCUT2D eigenvalue weighted by atomic mass is 127. The minimum atomic E-state index is -0.527. The summed E-state index contributed by atoms with van der Waals surface area (Å²) < 4.78 is 4.36. The zero-order valence-corrected chi connectivity index (χ0v) is 17.5. The molecule has 136 valence electrons. The smallest absolute Gasteiger partial charge is 0.205 e. The van der Waals surface area contributed by atoms with Crippen molar-refractivity contribution in [2.45, 2.75) is 38.2 Å². The molecule has 0 amide bonds. The zero-order valence-electron chi connectivity index (χ0n) is 14.4. The van der Waals surface area contributed by atoms with Crippen molar-refractivity contribution in [2.75, 3.05) is 44.7 Å². The van der Waals surface area contributed by atoms with Crippen molar-refractivity contribution in [1.29, 1.82) is 0 Å². The fourth-order valence-electron chi connectivity index (χ4n) is 2.96. The monoisotopic (exact) mass is 466 g/mol. The van der Waals surface area contributed by atoms with Crippen LogP contribution < -0.4 is 10.2 Å². The van der Waals surface area contributed by atoms with Crippen molar-refractivity contribution in [2.24, 2.45) is 4.99 Å². The summed E-state index contributed by atoms with van der Waals surface area (Å²) in [7, 11) is 1.80. The van der Waals surface area contributed by atoms with Gasteiger partial charge < -0.3 is 20.2 Å². The Labute approximate surface area is 164 Å². The highest BCUT2D eigenvalue weighted by molar-refractivity contribution is 14.0. The Balaban J connectivity index is 0.00000208. The van der Waals surface area contributed by atoms with E-state index in [9.17, 15) is 5.11 Å². The van der Waals surface area contributed by atoms with Gasteiger partial charge in [0.05, 0.1) is 5.60 Å². The van der Waals surface area contributed by atoms with Crippen LogP contribution in [0.5, 0.6) is 0 Å². The summed E-state index contributed by atoms with van der Waals surface area (Å²) in [4.78, 5) is 13.5. The average Bonchev–Trinajstić information content (AvgIpc) is 3.03. The SMILES string of the molecule is CCc1nsc(N2CCN(C(=NC)NCC3(O)CCC3)CC2)n1.I. The first-order chi connectivity index (χ1) is 11.1. The maximum atomic E-state index is 10.2. The number of nitrogens with zero attached hydrogens (tertiary/aromatic N) is 5. The minimum absolute atomic E-state index is 0. The number of aryl methyl sites for hydroxylation is 1. The number of piperazine rings is 1. The predicted molar refractivity (Wildman–Crippen MR) is 109 cm³/mol. The molecule has 0 aromatic carbocycles. The van der Waals surface area contributed by atoms with Gasteiger partial charge in [0.1, 0.15) is 5.82 Å². The van der Waals surface area contributed by atoms with Crippen LogP contribution in [0.1, 0.15) is 32.0 Å². The first-order valence-electron chi connectivity index (χ1n) is 8.39. The van der Waals surface area contributed by atoms with Gasteiger partial charge in [0, 0.05) is 57.7 Å². The normalized spacial score (nSPS) is 20.4. The van der Waals surface area contributed by atoms with Crippen molar-refractivity contribution in [3.05, 3.63) is 5.82 Å². The Morgan fingerprint density at radius 3 is 2.54 bits per heavy atom. The lowest BCUT2D eigenvalue weighted by Gasteiger charge is -2.40. The Hall–Kier alpha value is -0.680. The molecule has 0 bridgehead atoms. The van der Waals surface area contributed by atoms with E-state index in [1.165, 1.54) is 11.5 Å². The molecule has 1 aromatic rings. The summed E-state index contributed by atoms with van der Waals surface area (Å²) in [6, 6.07) is 0. The second kappa shape index (κ2) is 8.61. The van der Waals surface area contributed by atoms with Crippen molar-refractivity contribution >= 4 is 46.6 Å². The van der Waals surface area contributed by atoms with Crippen molar-refractivity contribution in [3.8, 4) is 0 Å². The van der Waals surface area contributed by atoms with Crippen LogP contribution in [0.2, 0.25) is 0 Å². The number of hydrogen-bond donors (Lipinski definition) is 2. The van der Waals surface area contributed by atoms with E-state index in [4.69, 9.17) is 0 Å². The van der Waals surface area contributed by atoms with Gasteiger partial charge in [-0.2, -0.15) is 4.37 Å². The van der Waals surface area contributed by atoms with E-state index < -0.39 is 5.60 Å². The maximum absolute atomic E-state index is 10.2. The van der Waals surface area contributed by atoms with E-state index >= 15 is 0 Å². The molecule has 1 saturated carbocycles. The summed E-state index contributed by atoms with van der Waals surface area (Å²) in [5, 5.41) is 14.6. The lowest BCUT2D eigenvalue weighted by Crippen LogP contribution is -2.56. The number of nitrogens with one attached hydrogen (secondary N) is 1. The topological polar surface area (TPSA) is 76.9 Å². The molecule has 24 heavy (non-hydrogen) atoms. The second-order valence-electron chi connectivity index (χ2n) is 6.30. The van der Waals surface area contributed by atoms with Crippen LogP contribution in [-0.2, 0) is 6.42 Å². The average molecular weight is 466 g/mol. The number of aliphatic imine (C=N–C) groups is 1. The van der Waals surface area contributed by atoms with Gasteiger partial charge >= 0.3 is 0 Å². The lowest BCUT2D eigenvalue weighted by molar-refractivity contribution is -0.0283. The first kappa shape index (κ1) is 19.6. The van der Waals surface area contributed by atoms with Crippen LogP contribution in [0.4, 0.5) is 5.13 Å². The van der Waals surface area contributed by atoms with Gasteiger partial charge in [-0.3, -0.25) is 4.99 Å². The predicted octanol–water partition coefficient (Wildman–Crippen LogP) is 1.33. The molecule has 0 radical (unpaired) electrons. The maximum Gasteiger partial charge on any atom is 0.205 e. The Morgan fingerprint density at radius 2 is 2.04 bits per heavy atom. The highest BCUT2D eigenvalue weighted by Gasteiger charge is 2.34. The molecule has 2 N–H and O–H groups in total. The zero-order chi connectivity index (χ0) is 16.3. The molecule has 1 aliphatic carbocycles. The molecule has 7 nitrogen and oxygen atoms in total. The minimum Gasteiger partial charge on any atom is -0.388 e. The molecular weight excluding hydrogens is 439 g/mol. The lowest BCUT2D eigenvalue weighted by atomic mass is 9.80. The molecular formula is C15H27IN6OS. The summed E-state index contributed by atoms with van der Waals surface area (Å²) in [5.74, 6) is 1.81. The van der Waals surface area contributed by atoms with Crippen molar-refractivity contribution in [3.63, 3.8) is 0 Å². The van der Waals surface area contributed by atoms with Gasteiger partial charge in [0.15, 0.2) is 5.96 Å². The quantitative estimate of drug-likeness (QED) is 0.396. The van der Waals surface area contributed by atoms with Crippen LogP contribution >= 0.6 is 35.5 Å². The number of halogens is 1.